The second kappa shape index (κ2) is 10.1. The molecule has 0 aliphatic rings. The summed E-state index contributed by atoms with van der Waals surface area (Å²) in [6, 6.07) is 9.77. The maximum atomic E-state index is 14.1. The Morgan fingerprint density at radius 1 is 1.06 bits per heavy atom. The van der Waals surface area contributed by atoms with Gasteiger partial charge in [0.1, 0.15) is 5.82 Å². The SMILES string of the molecule is CCCn1nc(-c2csc3c(F)cccc23)nc1C(=O)CCC(=O)c1ccc(OC)c(OC)c1. The van der Waals surface area contributed by atoms with Crippen LogP contribution >= 0.6 is 11.3 Å². The van der Waals surface area contributed by atoms with Crippen molar-refractivity contribution in [1.29, 1.82) is 0 Å². The lowest BCUT2D eigenvalue weighted by molar-refractivity contribution is 0.0908. The van der Waals surface area contributed by atoms with Crippen molar-refractivity contribution >= 4 is 33.0 Å². The van der Waals surface area contributed by atoms with Crippen molar-refractivity contribution in [1.82, 2.24) is 14.8 Å². The van der Waals surface area contributed by atoms with Crippen LogP contribution in [0.2, 0.25) is 0 Å². The molecule has 0 radical (unpaired) electrons. The first-order chi connectivity index (χ1) is 16.5. The molecular formula is C25H24FN3O4S. The third-order valence-corrected chi connectivity index (χ3v) is 6.44. The van der Waals surface area contributed by atoms with Gasteiger partial charge in [-0.1, -0.05) is 19.1 Å². The Labute approximate surface area is 200 Å². The Balaban J connectivity index is 1.55. The van der Waals surface area contributed by atoms with Crippen LogP contribution in [-0.4, -0.2) is 40.6 Å². The molecule has 0 amide bonds. The Hall–Kier alpha value is -3.59. The molecule has 0 aliphatic carbocycles. The van der Waals surface area contributed by atoms with Crippen molar-refractivity contribution in [2.75, 3.05) is 14.2 Å². The van der Waals surface area contributed by atoms with Gasteiger partial charge in [0, 0.05) is 41.3 Å². The van der Waals surface area contributed by atoms with Crippen molar-refractivity contribution in [3.63, 3.8) is 0 Å². The van der Waals surface area contributed by atoms with Gasteiger partial charge in [-0.25, -0.2) is 14.1 Å². The lowest BCUT2D eigenvalue weighted by Gasteiger charge is -2.09. The van der Waals surface area contributed by atoms with E-state index in [9.17, 15) is 14.0 Å². The molecule has 0 saturated carbocycles. The number of fused-ring (bicyclic) bond motifs is 1. The van der Waals surface area contributed by atoms with Crippen LogP contribution in [0.3, 0.4) is 0 Å². The molecule has 9 heteroatoms. The first kappa shape index (κ1) is 23.6. The predicted octanol–water partition coefficient (Wildman–Crippen LogP) is 5.57. The summed E-state index contributed by atoms with van der Waals surface area (Å²) in [6.07, 6.45) is 0.774. The second-order valence-electron chi connectivity index (χ2n) is 7.66. The molecule has 0 aliphatic heterocycles. The lowest BCUT2D eigenvalue weighted by atomic mass is 10.0. The number of thiophene rings is 1. The van der Waals surface area contributed by atoms with E-state index >= 15 is 0 Å². The fourth-order valence-electron chi connectivity index (χ4n) is 3.72. The van der Waals surface area contributed by atoms with Crippen LogP contribution in [0.1, 0.15) is 47.2 Å². The number of hydrogen-bond acceptors (Lipinski definition) is 7. The average molecular weight is 482 g/mol. The van der Waals surface area contributed by atoms with E-state index in [4.69, 9.17) is 9.47 Å². The van der Waals surface area contributed by atoms with Gasteiger partial charge in [-0.15, -0.1) is 11.3 Å². The number of benzene rings is 2. The largest absolute Gasteiger partial charge is 0.493 e. The molecule has 7 nitrogen and oxygen atoms in total. The summed E-state index contributed by atoms with van der Waals surface area (Å²) in [5.74, 6) is 0.795. The highest BCUT2D eigenvalue weighted by Crippen LogP contribution is 2.34. The first-order valence-corrected chi connectivity index (χ1v) is 11.7. The second-order valence-corrected chi connectivity index (χ2v) is 8.54. The lowest BCUT2D eigenvalue weighted by Crippen LogP contribution is -2.13. The molecule has 176 valence electrons. The Morgan fingerprint density at radius 2 is 1.82 bits per heavy atom. The Morgan fingerprint density at radius 3 is 2.56 bits per heavy atom. The molecule has 0 unspecified atom stereocenters. The van der Waals surface area contributed by atoms with Crippen molar-refractivity contribution in [3.05, 3.63) is 59.0 Å². The number of Topliss-reactive ketones (excluding diaryl/α,β-unsaturated/α-hetero) is 2. The molecule has 2 heterocycles. The van der Waals surface area contributed by atoms with Gasteiger partial charge in [-0.3, -0.25) is 9.59 Å². The zero-order chi connectivity index (χ0) is 24.2. The summed E-state index contributed by atoms with van der Waals surface area (Å²) >= 11 is 1.28. The van der Waals surface area contributed by atoms with Gasteiger partial charge in [0.05, 0.1) is 18.9 Å². The quantitative estimate of drug-likeness (QED) is 0.275. The highest BCUT2D eigenvalue weighted by Gasteiger charge is 2.21. The van der Waals surface area contributed by atoms with E-state index in [2.05, 4.69) is 10.1 Å². The van der Waals surface area contributed by atoms with Crippen molar-refractivity contribution in [3.8, 4) is 22.9 Å². The molecular weight excluding hydrogens is 457 g/mol. The first-order valence-electron chi connectivity index (χ1n) is 10.9. The number of nitrogens with zero attached hydrogens (tertiary/aromatic N) is 3. The minimum Gasteiger partial charge on any atom is -0.493 e. The number of carbonyl (C=O) groups excluding carboxylic acids is 2. The number of ketones is 2. The van der Waals surface area contributed by atoms with E-state index < -0.39 is 0 Å². The predicted molar refractivity (Wildman–Crippen MR) is 129 cm³/mol. The minimum atomic E-state index is -0.299. The van der Waals surface area contributed by atoms with Gasteiger partial charge in [0.25, 0.3) is 0 Å². The number of halogens is 1. The van der Waals surface area contributed by atoms with E-state index in [-0.39, 0.29) is 36.0 Å². The molecule has 4 aromatic rings. The summed E-state index contributed by atoms with van der Waals surface area (Å²) in [5, 5.41) is 7.03. The van der Waals surface area contributed by atoms with Gasteiger partial charge < -0.3 is 9.47 Å². The fraction of sp³-hybridized carbons (Fsp3) is 0.280. The van der Waals surface area contributed by atoms with Crippen LogP contribution in [0.25, 0.3) is 21.5 Å². The Kier molecular flexibility index (Phi) is 7.02. The normalized spacial score (nSPS) is 11.1. The molecule has 0 N–H and O–H groups in total. The molecule has 0 fully saturated rings. The van der Waals surface area contributed by atoms with Gasteiger partial charge in [0.2, 0.25) is 0 Å². The van der Waals surface area contributed by atoms with Gasteiger partial charge in [-0.2, -0.15) is 5.10 Å². The molecule has 0 atom stereocenters. The van der Waals surface area contributed by atoms with Gasteiger partial charge >= 0.3 is 0 Å². The molecule has 0 saturated heterocycles. The highest BCUT2D eigenvalue weighted by atomic mass is 32.1. The number of methoxy groups -OCH3 is 2. The topological polar surface area (TPSA) is 83.3 Å². The van der Waals surface area contributed by atoms with Crippen LogP contribution in [0.4, 0.5) is 4.39 Å². The summed E-state index contributed by atoms with van der Waals surface area (Å²) in [4.78, 5) is 30.2. The summed E-state index contributed by atoms with van der Waals surface area (Å²) in [6.45, 7) is 2.49. The van der Waals surface area contributed by atoms with Gasteiger partial charge in [0.15, 0.2) is 34.7 Å². The monoisotopic (exact) mass is 481 g/mol. The highest BCUT2D eigenvalue weighted by molar-refractivity contribution is 7.17. The van der Waals surface area contributed by atoms with Crippen LogP contribution in [0, 0.1) is 5.82 Å². The molecule has 0 spiro atoms. The number of ether oxygens (including phenoxy) is 2. The molecule has 34 heavy (non-hydrogen) atoms. The van der Waals surface area contributed by atoms with E-state index in [1.807, 2.05) is 13.0 Å². The molecule has 0 bridgehead atoms. The van der Waals surface area contributed by atoms with E-state index in [1.165, 1.54) is 31.6 Å². The molecule has 2 aromatic carbocycles. The third-order valence-electron chi connectivity index (χ3n) is 5.43. The van der Waals surface area contributed by atoms with E-state index in [0.29, 0.717) is 45.1 Å². The zero-order valence-electron chi connectivity index (χ0n) is 19.1. The van der Waals surface area contributed by atoms with Crippen molar-refractivity contribution < 1.29 is 23.5 Å². The number of rotatable bonds is 10. The van der Waals surface area contributed by atoms with Crippen LogP contribution in [-0.2, 0) is 6.54 Å². The number of aryl methyl sites for hydroxylation is 1. The maximum absolute atomic E-state index is 14.1. The van der Waals surface area contributed by atoms with E-state index in [0.717, 1.165) is 6.42 Å². The standard InChI is InChI=1S/C25H24FN3O4S/c1-4-12-29-25(27-24(28-29)17-14-34-23-16(17)6-5-7-18(23)26)20(31)10-9-19(30)15-8-11-21(32-2)22(13-15)33-3/h5-8,11,13-14H,4,9-10,12H2,1-3H3. The zero-order valence-corrected chi connectivity index (χ0v) is 19.9. The molecule has 2 aromatic heterocycles. The average Bonchev–Trinajstić information content (AvgIpc) is 3.47. The van der Waals surface area contributed by atoms with Gasteiger partial charge in [-0.05, 0) is 30.7 Å². The summed E-state index contributed by atoms with van der Waals surface area (Å²) in [5.41, 5.74) is 1.12. The van der Waals surface area contributed by atoms with Crippen LogP contribution < -0.4 is 9.47 Å². The van der Waals surface area contributed by atoms with E-state index in [1.54, 1.807) is 34.3 Å². The number of hydrogen-bond donors (Lipinski definition) is 0. The summed E-state index contributed by atoms with van der Waals surface area (Å²) in [7, 11) is 3.02. The molecule has 4 rings (SSSR count). The van der Waals surface area contributed by atoms with Crippen molar-refractivity contribution in [2.24, 2.45) is 0 Å². The number of aromatic nitrogens is 3. The van der Waals surface area contributed by atoms with Crippen LogP contribution in [0.5, 0.6) is 11.5 Å². The van der Waals surface area contributed by atoms with Crippen molar-refractivity contribution in [2.45, 2.75) is 32.7 Å². The fourth-order valence-corrected chi connectivity index (χ4v) is 4.67. The smallest absolute Gasteiger partial charge is 0.200 e. The Bertz CT molecular complexity index is 1360. The third kappa shape index (κ3) is 4.56. The number of carbonyl (C=O) groups is 2. The van der Waals surface area contributed by atoms with Crippen LogP contribution in [0.15, 0.2) is 41.8 Å². The summed E-state index contributed by atoms with van der Waals surface area (Å²) < 4.78 is 26.7. The maximum Gasteiger partial charge on any atom is 0.200 e. The minimum absolute atomic E-state index is 0.00591.